The van der Waals surface area contributed by atoms with Crippen LogP contribution in [0.4, 0.5) is 0 Å². The second-order valence-corrected chi connectivity index (χ2v) is 4.07. The highest BCUT2D eigenvalue weighted by atomic mass is 16.5. The second-order valence-electron chi connectivity index (χ2n) is 4.07. The standard InChI is InChI=1S/C12H25NO3/c1-4-8-16-9-7-11(14)13-10-12(15,5-2)6-3/h15H,4-10H2,1-3H3,(H,13,14). The molecular formula is C12H25NO3. The Balaban J connectivity index is 3.64. The fourth-order valence-corrected chi connectivity index (χ4v) is 1.26. The van der Waals surface area contributed by atoms with E-state index >= 15 is 0 Å². The first-order valence-electron chi connectivity index (χ1n) is 6.14. The third-order valence-corrected chi connectivity index (χ3v) is 2.75. The van der Waals surface area contributed by atoms with Crippen molar-refractivity contribution < 1.29 is 14.6 Å². The van der Waals surface area contributed by atoms with Gasteiger partial charge in [0, 0.05) is 19.6 Å². The van der Waals surface area contributed by atoms with Gasteiger partial charge in [-0.25, -0.2) is 0 Å². The molecule has 0 aliphatic carbocycles. The van der Waals surface area contributed by atoms with E-state index in [1.54, 1.807) is 0 Å². The van der Waals surface area contributed by atoms with E-state index in [0.29, 0.717) is 39.0 Å². The summed E-state index contributed by atoms with van der Waals surface area (Å²) in [5.41, 5.74) is -0.764. The summed E-state index contributed by atoms with van der Waals surface area (Å²) in [7, 11) is 0. The Morgan fingerprint density at radius 2 is 1.88 bits per heavy atom. The van der Waals surface area contributed by atoms with Gasteiger partial charge in [-0.2, -0.15) is 0 Å². The first-order chi connectivity index (χ1) is 7.58. The molecule has 0 aromatic carbocycles. The predicted octanol–water partition coefficient (Wildman–Crippen LogP) is 1.47. The van der Waals surface area contributed by atoms with Gasteiger partial charge in [0.15, 0.2) is 0 Å². The predicted molar refractivity (Wildman–Crippen MR) is 64.3 cm³/mol. The van der Waals surface area contributed by atoms with Crippen molar-refractivity contribution in [2.45, 2.75) is 52.1 Å². The van der Waals surface area contributed by atoms with Crippen LogP contribution in [0.1, 0.15) is 46.5 Å². The third-order valence-electron chi connectivity index (χ3n) is 2.75. The highest BCUT2D eigenvalue weighted by Gasteiger charge is 2.22. The van der Waals surface area contributed by atoms with E-state index in [-0.39, 0.29) is 5.91 Å². The Morgan fingerprint density at radius 1 is 1.25 bits per heavy atom. The molecule has 16 heavy (non-hydrogen) atoms. The molecule has 0 fully saturated rings. The largest absolute Gasteiger partial charge is 0.388 e. The molecule has 0 aliphatic heterocycles. The van der Waals surface area contributed by atoms with Gasteiger partial charge >= 0.3 is 0 Å². The Bertz CT molecular complexity index is 191. The van der Waals surface area contributed by atoms with Gasteiger partial charge in [0.05, 0.1) is 12.2 Å². The van der Waals surface area contributed by atoms with Gasteiger partial charge in [0.1, 0.15) is 0 Å². The van der Waals surface area contributed by atoms with E-state index < -0.39 is 5.60 Å². The highest BCUT2D eigenvalue weighted by Crippen LogP contribution is 2.12. The summed E-state index contributed by atoms with van der Waals surface area (Å²) in [5, 5.41) is 12.7. The summed E-state index contributed by atoms with van der Waals surface area (Å²) in [5.74, 6) is -0.0589. The average Bonchev–Trinajstić information content (AvgIpc) is 2.31. The maximum absolute atomic E-state index is 11.4. The number of carbonyl (C=O) groups excluding carboxylic acids is 1. The van der Waals surface area contributed by atoms with Gasteiger partial charge in [0.2, 0.25) is 5.91 Å². The zero-order valence-electron chi connectivity index (χ0n) is 10.7. The van der Waals surface area contributed by atoms with Crippen LogP contribution < -0.4 is 5.32 Å². The Labute approximate surface area is 98.4 Å². The maximum atomic E-state index is 11.4. The number of hydrogen-bond donors (Lipinski definition) is 2. The monoisotopic (exact) mass is 231 g/mol. The number of aliphatic hydroxyl groups is 1. The SMILES string of the molecule is CCCOCCC(=O)NCC(O)(CC)CC. The average molecular weight is 231 g/mol. The van der Waals surface area contributed by atoms with Crippen LogP contribution in [0.25, 0.3) is 0 Å². The molecular weight excluding hydrogens is 206 g/mol. The van der Waals surface area contributed by atoms with Crippen LogP contribution in [0.15, 0.2) is 0 Å². The number of nitrogens with one attached hydrogen (secondary N) is 1. The molecule has 0 aromatic heterocycles. The van der Waals surface area contributed by atoms with Crippen LogP contribution >= 0.6 is 0 Å². The van der Waals surface area contributed by atoms with E-state index in [2.05, 4.69) is 5.32 Å². The highest BCUT2D eigenvalue weighted by molar-refractivity contribution is 5.76. The maximum Gasteiger partial charge on any atom is 0.222 e. The fraction of sp³-hybridized carbons (Fsp3) is 0.917. The van der Waals surface area contributed by atoms with E-state index in [4.69, 9.17) is 4.74 Å². The van der Waals surface area contributed by atoms with Gasteiger partial charge in [-0.3, -0.25) is 4.79 Å². The second kappa shape index (κ2) is 8.53. The van der Waals surface area contributed by atoms with E-state index in [0.717, 1.165) is 6.42 Å². The number of ether oxygens (including phenoxy) is 1. The van der Waals surface area contributed by atoms with Gasteiger partial charge in [-0.15, -0.1) is 0 Å². The van der Waals surface area contributed by atoms with Gasteiger partial charge < -0.3 is 15.2 Å². The van der Waals surface area contributed by atoms with Crippen molar-refractivity contribution in [2.24, 2.45) is 0 Å². The first kappa shape index (κ1) is 15.4. The number of rotatable bonds is 9. The molecule has 0 radical (unpaired) electrons. The third kappa shape index (κ3) is 6.80. The lowest BCUT2D eigenvalue weighted by Gasteiger charge is -2.25. The molecule has 0 bridgehead atoms. The number of carbonyl (C=O) groups is 1. The van der Waals surface area contributed by atoms with Crippen molar-refractivity contribution in [3.05, 3.63) is 0 Å². The lowest BCUT2D eigenvalue weighted by Crippen LogP contribution is -2.42. The smallest absolute Gasteiger partial charge is 0.222 e. The molecule has 2 N–H and O–H groups in total. The molecule has 0 rings (SSSR count). The summed E-state index contributed by atoms with van der Waals surface area (Å²) < 4.78 is 5.21. The summed E-state index contributed by atoms with van der Waals surface area (Å²) in [6.45, 7) is 7.34. The molecule has 4 heteroatoms. The Kier molecular flexibility index (Phi) is 8.21. The lowest BCUT2D eigenvalue weighted by atomic mass is 9.97. The van der Waals surface area contributed by atoms with Crippen molar-refractivity contribution in [3.63, 3.8) is 0 Å². The molecule has 4 nitrogen and oxygen atoms in total. The zero-order chi connectivity index (χ0) is 12.4. The van der Waals surface area contributed by atoms with Gasteiger partial charge in [0.25, 0.3) is 0 Å². The zero-order valence-corrected chi connectivity index (χ0v) is 10.7. The van der Waals surface area contributed by atoms with Crippen LogP contribution in [-0.4, -0.2) is 36.4 Å². The summed E-state index contributed by atoms with van der Waals surface area (Å²) in [6.07, 6.45) is 2.63. The normalized spacial score (nSPS) is 11.5. The Morgan fingerprint density at radius 3 is 2.38 bits per heavy atom. The van der Waals surface area contributed by atoms with Gasteiger partial charge in [-0.1, -0.05) is 20.8 Å². The fourth-order valence-electron chi connectivity index (χ4n) is 1.26. The minimum Gasteiger partial charge on any atom is -0.388 e. The van der Waals surface area contributed by atoms with E-state index in [9.17, 15) is 9.90 Å². The van der Waals surface area contributed by atoms with Crippen LogP contribution in [0.2, 0.25) is 0 Å². The minimum atomic E-state index is -0.764. The molecule has 0 spiro atoms. The first-order valence-corrected chi connectivity index (χ1v) is 6.14. The lowest BCUT2D eigenvalue weighted by molar-refractivity contribution is -0.123. The molecule has 0 saturated heterocycles. The molecule has 0 saturated carbocycles. The van der Waals surface area contributed by atoms with Crippen molar-refractivity contribution in [1.29, 1.82) is 0 Å². The molecule has 0 unspecified atom stereocenters. The van der Waals surface area contributed by atoms with Crippen molar-refractivity contribution in [3.8, 4) is 0 Å². The molecule has 0 aliphatic rings. The van der Waals surface area contributed by atoms with Crippen LogP contribution in [0, 0.1) is 0 Å². The quantitative estimate of drug-likeness (QED) is 0.591. The summed E-state index contributed by atoms with van der Waals surface area (Å²) in [4.78, 5) is 11.4. The van der Waals surface area contributed by atoms with Crippen LogP contribution in [0.3, 0.4) is 0 Å². The van der Waals surface area contributed by atoms with Crippen LogP contribution in [-0.2, 0) is 9.53 Å². The molecule has 0 heterocycles. The summed E-state index contributed by atoms with van der Waals surface area (Å²) >= 11 is 0. The number of hydrogen-bond acceptors (Lipinski definition) is 3. The van der Waals surface area contributed by atoms with Crippen molar-refractivity contribution in [1.82, 2.24) is 5.32 Å². The summed E-state index contributed by atoms with van der Waals surface area (Å²) in [6, 6.07) is 0. The topological polar surface area (TPSA) is 58.6 Å². The van der Waals surface area contributed by atoms with E-state index in [1.165, 1.54) is 0 Å². The van der Waals surface area contributed by atoms with Gasteiger partial charge in [-0.05, 0) is 19.3 Å². The Hall–Kier alpha value is -0.610. The molecule has 0 atom stereocenters. The molecule has 1 amide bonds. The molecule has 96 valence electrons. The van der Waals surface area contributed by atoms with Crippen molar-refractivity contribution in [2.75, 3.05) is 19.8 Å². The van der Waals surface area contributed by atoms with E-state index in [1.807, 2.05) is 20.8 Å². The minimum absolute atomic E-state index is 0.0589. The van der Waals surface area contributed by atoms with Crippen molar-refractivity contribution >= 4 is 5.91 Å². The molecule has 0 aromatic rings. The number of amides is 1. The van der Waals surface area contributed by atoms with Crippen LogP contribution in [0.5, 0.6) is 0 Å².